The lowest BCUT2D eigenvalue weighted by Crippen LogP contribution is -2.16. The Morgan fingerprint density at radius 3 is 2.53 bits per heavy atom. The molecule has 1 amide bonds. The fraction of sp³-hybridized carbons (Fsp3) is 0.154. The molecule has 17 heavy (non-hydrogen) atoms. The molecule has 4 heteroatoms. The summed E-state index contributed by atoms with van der Waals surface area (Å²) < 4.78 is 0. The van der Waals surface area contributed by atoms with Crippen LogP contribution in [0.5, 0.6) is 0 Å². The molecule has 0 saturated heterocycles. The predicted molar refractivity (Wildman–Crippen MR) is 72.1 cm³/mol. The number of carbonyl (C=O) groups excluding carboxylic acids is 1. The van der Waals surface area contributed by atoms with Gasteiger partial charge in [-0.1, -0.05) is 18.2 Å². The standard InChI is InChI=1S/C13H14N2OS/c1-9-8-11(12(17-9)13(14)16)15(2)10-6-4-3-5-7-10/h3-8H,1-2H3,(H2,14,16). The Kier molecular flexibility index (Phi) is 3.15. The van der Waals surface area contributed by atoms with Gasteiger partial charge in [0.05, 0.1) is 5.69 Å². The minimum absolute atomic E-state index is 0.374. The number of para-hydroxylation sites is 1. The number of benzene rings is 1. The second-order valence-electron chi connectivity index (χ2n) is 3.83. The number of primary amides is 1. The van der Waals surface area contributed by atoms with Gasteiger partial charge in [-0.25, -0.2) is 0 Å². The van der Waals surface area contributed by atoms with Gasteiger partial charge in [0.15, 0.2) is 0 Å². The normalized spacial score (nSPS) is 10.2. The fourth-order valence-corrected chi connectivity index (χ4v) is 2.61. The molecule has 0 unspecified atom stereocenters. The molecular weight excluding hydrogens is 232 g/mol. The molecule has 1 aromatic carbocycles. The van der Waals surface area contributed by atoms with Crippen molar-refractivity contribution < 1.29 is 4.79 Å². The quantitative estimate of drug-likeness (QED) is 0.905. The molecule has 0 aliphatic heterocycles. The highest BCUT2D eigenvalue weighted by Crippen LogP contribution is 2.33. The van der Waals surface area contributed by atoms with Crippen molar-refractivity contribution >= 4 is 28.6 Å². The van der Waals surface area contributed by atoms with E-state index in [0.29, 0.717) is 4.88 Å². The molecule has 0 radical (unpaired) electrons. The maximum absolute atomic E-state index is 11.4. The molecule has 0 saturated carbocycles. The van der Waals surface area contributed by atoms with Gasteiger partial charge in [-0.3, -0.25) is 4.79 Å². The lowest BCUT2D eigenvalue weighted by atomic mass is 10.2. The summed E-state index contributed by atoms with van der Waals surface area (Å²) in [6.07, 6.45) is 0. The number of nitrogens with zero attached hydrogens (tertiary/aromatic N) is 1. The third-order valence-electron chi connectivity index (χ3n) is 2.56. The first-order chi connectivity index (χ1) is 8.09. The van der Waals surface area contributed by atoms with E-state index >= 15 is 0 Å². The molecule has 2 aromatic rings. The number of amides is 1. The van der Waals surface area contributed by atoms with Crippen molar-refractivity contribution in [3.63, 3.8) is 0 Å². The van der Waals surface area contributed by atoms with Crippen LogP contribution in [0.25, 0.3) is 0 Å². The van der Waals surface area contributed by atoms with E-state index in [1.54, 1.807) is 0 Å². The van der Waals surface area contributed by atoms with Crippen molar-refractivity contribution in [2.24, 2.45) is 5.73 Å². The summed E-state index contributed by atoms with van der Waals surface area (Å²) >= 11 is 1.43. The zero-order chi connectivity index (χ0) is 12.4. The highest BCUT2D eigenvalue weighted by molar-refractivity contribution is 7.14. The van der Waals surface area contributed by atoms with Gasteiger partial charge in [0.2, 0.25) is 0 Å². The highest BCUT2D eigenvalue weighted by atomic mass is 32.1. The van der Waals surface area contributed by atoms with Crippen molar-refractivity contribution in [1.29, 1.82) is 0 Å². The Morgan fingerprint density at radius 1 is 1.29 bits per heavy atom. The zero-order valence-corrected chi connectivity index (χ0v) is 10.6. The maximum Gasteiger partial charge on any atom is 0.260 e. The van der Waals surface area contributed by atoms with Crippen molar-refractivity contribution in [3.8, 4) is 0 Å². The second kappa shape index (κ2) is 4.59. The fourth-order valence-electron chi connectivity index (χ4n) is 1.72. The van der Waals surface area contributed by atoms with Crippen molar-refractivity contribution in [3.05, 3.63) is 46.2 Å². The van der Waals surface area contributed by atoms with Crippen LogP contribution in [0.4, 0.5) is 11.4 Å². The van der Waals surface area contributed by atoms with Gasteiger partial charge in [-0.2, -0.15) is 0 Å². The second-order valence-corrected chi connectivity index (χ2v) is 5.09. The van der Waals surface area contributed by atoms with Crippen LogP contribution in [-0.2, 0) is 0 Å². The van der Waals surface area contributed by atoms with Gasteiger partial charge >= 0.3 is 0 Å². The summed E-state index contributed by atoms with van der Waals surface area (Å²) in [6.45, 7) is 1.97. The van der Waals surface area contributed by atoms with Gasteiger partial charge < -0.3 is 10.6 Å². The van der Waals surface area contributed by atoms with Crippen LogP contribution in [-0.4, -0.2) is 13.0 Å². The number of anilines is 2. The summed E-state index contributed by atoms with van der Waals surface area (Å²) in [5, 5.41) is 0. The average molecular weight is 246 g/mol. The molecule has 2 N–H and O–H groups in total. The molecule has 88 valence electrons. The zero-order valence-electron chi connectivity index (χ0n) is 9.81. The molecule has 2 rings (SSSR count). The van der Waals surface area contributed by atoms with Gasteiger partial charge in [0.1, 0.15) is 4.88 Å². The van der Waals surface area contributed by atoms with Crippen LogP contribution in [0.1, 0.15) is 14.5 Å². The van der Waals surface area contributed by atoms with E-state index < -0.39 is 0 Å². The number of carbonyl (C=O) groups is 1. The van der Waals surface area contributed by atoms with Crippen LogP contribution >= 0.6 is 11.3 Å². The average Bonchev–Trinajstić information content (AvgIpc) is 2.72. The molecule has 0 atom stereocenters. The molecule has 1 aromatic heterocycles. The minimum atomic E-state index is -0.374. The maximum atomic E-state index is 11.4. The third kappa shape index (κ3) is 2.31. The van der Waals surface area contributed by atoms with Crippen LogP contribution in [0.3, 0.4) is 0 Å². The predicted octanol–water partition coefficient (Wildman–Crippen LogP) is 2.92. The first-order valence-electron chi connectivity index (χ1n) is 5.28. The summed E-state index contributed by atoms with van der Waals surface area (Å²) in [6, 6.07) is 11.9. The molecule has 0 aliphatic carbocycles. The van der Waals surface area contributed by atoms with E-state index in [0.717, 1.165) is 16.3 Å². The van der Waals surface area contributed by atoms with Gasteiger partial charge in [-0.15, -0.1) is 11.3 Å². The number of aryl methyl sites for hydroxylation is 1. The molecular formula is C13H14N2OS. The van der Waals surface area contributed by atoms with E-state index in [-0.39, 0.29) is 5.91 Å². The van der Waals surface area contributed by atoms with E-state index in [1.165, 1.54) is 11.3 Å². The lowest BCUT2D eigenvalue weighted by molar-refractivity contribution is 0.100. The highest BCUT2D eigenvalue weighted by Gasteiger charge is 2.16. The number of hydrogen-bond acceptors (Lipinski definition) is 3. The largest absolute Gasteiger partial charge is 0.365 e. The monoisotopic (exact) mass is 246 g/mol. The van der Waals surface area contributed by atoms with Crippen molar-refractivity contribution in [2.75, 3.05) is 11.9 Å². The van der Waals surface area contributed by atoms with Crippen molar-refractivity contribution in [2.45, 2.75) is 6.92 Å². The number of rotatable bonds is 3. The Labute approximate surface area is 104 Å². The topological polar surface area (TPSA) is 46.3 Å². The summed E-state index contributed by atoms with van der Waals surface area (Å²) in [4.78, 5) is 15.0. The molecule has 0 bridgehead atoms. The minimum Gasteiger partial charge on any atom is -0.365 e. The molecule has 0 spiro atoms. The van der Waals surface area contributed by atoms with Gasteiger partial charge in [-0.05, 0) is 25.1 Å². The van der Waals surface area contributed by atoms with Crippen molar-refractivity contribution in [1.82, 2.24) is 0 Å². The Balaban J connectivity index is 2.44. The van der Waals surface area contributed by atoms with Crippen LogP contribution in [0.15, 0.2) is 36.4 Å². The Hall–Kier alpha value is -1.81. The Morgan fingerprint density at radius 2 is 1.94 bits per heavy atom. The number of nitrogens with two attached hydrogens (primary N) is 1. The molecule has 3 nitrogen and oxygen atoms in total. The number of thiophene rings is 1. The van der Waals surface area contributed by atoms with E-state index in [4.69, 9.17) is 5.73 Å². The Bertz CT molecular complexity index is 534. The van der Waals surface area contributed by atoms with E-state index in [1.807, 2.05) is 55.3 Å². The van der Waals surface area contributed by atoms with Gasteiger partial charge in [0, 0.05) is 17.6 Å². The van der Waals surface area contributed by atoms with Crippen LogP contribution < -0.4 is 10.6 Å². The third-order valence-corrected chi connectivity index (χ3v) is 3.62. The van der Waals surface area contributed by atoms with Crippen LogP contribution in [0.2, 0.25) is 0 Å². The summed E-state index contributed by atoms with van der Waals surface area (Å²) in [5.74, 6) is -0.374. The smallest absolute Gasteiger partial charge is 0.260 e. The van der Waals surface area contributed by atoms with E-state index in [2.05, 4.69) is 0 Å². The first kappa shape index (κ1) is 11.7. The van der Waals surface area contributed by atoms with Crippen LogP contribution in [0, 0.1) is 6.92 Å². The summed E-state index contributed by atoms with van der Waals surface area (Å²) in [7, 11) is 1.93. The molecule has 0 aliphatic rings. The summed E-state index contributed by atoms with van der Waals surface area (Å²) in [5.41, 5.74) is 7.29. The van der Waals surface area contributed by atoms with Gasteiger partial charge in [0.25, 0.3) is 5.91 Å². The molecule has 0 fully saturated rings. The van der Waals surface area contributed by atoms with E-state index in [9.17, 15) is 4.79 Å². The number of hydrogen-bond donors (Lipinski definition) is 1. The molecule has 1 heterocycles. The SMILES string of the molecule is Cc1cc(N(C)c2ccccc2)c(C(N)=O)s1. The first-order valence-corrected chi connectivity index (χ1v) is 6.10. The lowest BCUT2D eigenvalue weighted by Gasteiger charge is -2.18.